The van der Waals surface area contributed by atoms with E-state index in [1.165, 1.54) is 18.2 Å². The number of hydrazine groups is 1. The predicted octanol–water partition coefficient (Wildman–Crippen LogP) is 1.90. The minimum absolute atomic E-state index is 0.0195. The van der Waals surface area contributed by atoms with Gasteiger partial charge in [0.1, 0.15) is 0 Å². The van der Waals surface area contributed by atoms with Crippen LogP contribution in [0.25, 0.3) is 0 Å². The molecule has 0 aliphatic rings. The Labute approximate surface area is 133 Å². The normalized spacial score (nSPS) is 10.0. The van der Waals surface area contributed by atoms with Crippen LogP contribution in [0.15, 0.2) is 48.5 Å². The second kappa shape index (κ2) is 7.93. The molecule has 6 heteroatoms. The lowest BCUT2D eigenvalue weighted by Crippen LogP contribution is -2.44. The van der Waals surface area contributed by atoms with E-state index in [-0.39, 0.29) is 18.1 Å². The highest BCUT2D eigenvalue weighted by molar-refractivity contribution is 5.84. The minimum atomic E-state index is -0.577. The van der Waals surface area contributed by atoms with Crippen LogP contribution >= 0.6 is 0 Å². The summed E-state index contributed by atoms with van der Waals surface area (Å²) in [4.78, 5) is 23.3. The van der Waals surface area contributed by atoms with Crippen LogP contribution < -0.4 is 15.6 Å². The Morgan fingerprint density at radius 3 is 2.39 bits per heavy atom. The first kappa shape index (κ1) is 16.5. The predicted molar refractivity (Wildman–Crippen MR) is 83.1 cm³/mol. The summed E-state index contributed by atoms with van der Waals surface area (Å²) < 4.78 is 18.3. The maximum atomic E-state index is 13.3. The first-order chi connectivity index (χ1) is 11.1. The monoisotopic (exact) mass is 316 g/mol. The van der Waals surface area contributed by atoms with Crippen LogP contribution in [0.4, 0.5) is 4.39 Å². The minimum Gasteiger partial charge on any atom is -0.481 e. The summed E-state index contributed by atoms with van der Waals surface area (Å²) in [5.41, 5.74) is 6.40. The van der Waals surface area contributed by atoms with E-state index in [0.29, 0.717) is 0 Å². The van der Waals surface area contributed by atoms with E-state index in [4.69, 9.17) is 4.74 Å². The molecule has 2 aromatic carbocycles. The molecule has 2 N–H and O–H groups in total. The van der Waals surface area contributed by atoms with Gasteiger partial charge in [0.05, 0.1) is 6.42 Å². The van der Waals surface area contributed by atoms with E-state index >= 15 is 0 Å². The average molecular weight is 316 g/mol. The van der Waals surface area contributed by atoms with Crippen molar-refractivity contribution >= 4 is 11.8 Å². The van der Waals surface area contributed by atoms with Crippen molar-refractivity contribution < 1.29 is 18.7 Å². The number of carbonyl (C=O) groups excluding carboxylic acids is 2. The molecule has 0 saturated heterocycles. The molecule has 5 nitrogen and oxygen atoms in total. The zero-order valence-electron chi connectivity index (χ0n) is 12.6. The Kier molecular flexibility index (Phi) is 5.68. The van der Waals surface area contributed by atoms with Gasteiger partial charge < -0.3 is 4.74 Å². The molecule has 0 aromatic heterocycles. The van der Waals surface area contributed by atoms with Crippen molar-refractivity contribution in [2.75, 3.05) is 6.61 Å². The number of aryl methyl sites for hydroxylation is 1. The third kappa shape index (κ3) is 5.10. The van der Waals surface area contributed by atoms with E-state index < -0.39 is 18.3 Å². The van der Waals surface area contributed by atoms with E-state index in [9.17, 15) is 14.0 Å². The Morgan fingerprint density at radius 2 is 1.65 bits per heavy atom. The van der Waals surface area contributed by atoms with Crippen LogP contribution in [0.5, 0.6) is 5.75 Å². The van der Waals surface area contributed by atoms with Gasteiger partial charge in [-0.2, -0.15) is 0 Å². The summed E-state index contributed by atoms with van der Waals surface area (Å²) in [6.45, 7) is 1.51. The third-order valence-electron chi connectivity index (χ3n) is 3.15. The summed E-state index contributed by atoms with van der Waals surface area (Å²) in [6, 6.07) is 13.3. The van der Waals surface area contributed by atoms with Crippen molar-refractivity contribution in [2.45, 2.75) is 13.3 Å². The zero-order chi connectivity index (χ0) is 16.7. The summed E-state index contributed by atoms with van der Waals surface area (Å²) in [5.74, 6) is -1.50. The molecule has 2 rings (SSSR count). The van der Waals surface area contributed by atoms with Crippen molar-refractivity contribution in [3.05, 3.63) is 65.5 Å². The largest absolute Gasteiger partial charge is 0.481 e. The van der Waals surface area contributed by atoms with E-state index in [1.807, 2.05) is 31.2 Å². The van der Waals surface area contributed by atoms with Gasteiger partial charge in [0, 0.05) is 0 Å². The van der Waals surface area contributed by atoms with E-state index in [2.05, 4.69) is 10.9 Å². The Hall–Kier alpha value is -2.89. The SMILES string of the molecule is Cc1ccccc1CC(=O)NNC(=O)COc1ccccc1F. The smallest absolute Gasteiger partial charge is 0.276 e. The van der Waals surface area contributed by atoms with Gasteiger partial charge in [-0.3, -0.25) is 20.4 Å². The van der Waals surface area contributed by atoms with Gasteiger partial charge in [-0.25, -0.2) is 4.39 Å². The first-order valence-electron chi connectivity index (χ1n) is 7.06. The van der Waals surface area contributed by atoms with E-state index in [1.54, 1.807) is 6.07 Å². The molecular weight excluding hydrogens is 299 g/mol. The lowest BCUT2D eigenvalue weighted by molar-refractivity contribution is -0.129. The van der Waals surface area contributed by atoms with Crippen molar-refractivity contribution in [1.82, 2.24) is 10.9 Å². The van der Waals surface area contributed by atoms with Crippen LogP contribution in [-0.4, -0.2) is 18.4 Å². The van der Waals surface area contributed by atoms with Crippen LogP contribution in [0.3, 0.4) is 0 Å². The second-order valence-electron chi connectivity index (χ2n) is 4.92. The number of ether oxygens (including phenoxy) is 1. The van der Waals surface area contributed by atoms with Gasteiger partial charge >= 0.3 is 0 Å². The van der Waals surface area contributed by atoms with Crippen molar-refractivity contribution in [3.63, 3.8) is 0 Å². The number of benzene rings is 2. The maximum Gasteiger partial charge on any atom is 0.276 e. The van der Waals surface area contributed by atoms with Gasteiger partial charge in [-0.1, -0.05) is 36.4 Å². The molecule has 23 heavy (non-hydrogen) atoms. The fourth-order valence-electron chi connectivity index (χ4n) is 1.91. The molecule has 0 spiro atoms. The Morgan fingerprint density at radius 1 is 1.00 bits per heavy atom. The summed E-state index contributed by atoms with van der Waals surface area (Å²) >= 11 is 0. The number of amides is 2. The second-order valence-corrected chi connectivity index (χ2v) is 4.92. The van der Waals surface area contributed by atoms with Crippen molar-refractivity contribution in [3.8, 4) is 5.75 Å². The lowest BCUT2D eigenvalue weighted by Gasteiger charge is -2.10. The first-order valence-corrected chi connectivity index (χ1v) is 7.06. The molecule has 0 bridgehead atoms. The lowest BCUT2D eigenvalue weighted by atomic mass is 10.1. The van der Waals surface area contributed by atoms with Crippen molar-refractivity contribution in [1.29, 1.82) is 0 Å². The fourth-order valence-corrected chi connectivity index (χ4v) is 1.91. The molecule has 120 valence electrons. The number of hydrogen-bond acceptors (Lipinski definition) is 3. The highest BCUT2D eigenvalue weighted by Crippen LogP contribution is 2.14. The van der Waals surface area contributed by atoms with E-state index in [0.717, 1.165) is 11.1 Å². The quantitative estimate of drug-likeness (QED) is 0.828. The Balaban J connectivity index is 1.75. The number of rotatable bonds is 5. The molecule has 0 atom stereocenters. The van der Waals surface area contributed by atoms with Gasteiger partial charge in [0.2, 0.25) is 5.91 Å². The third-order valence-corrected chi connectivity index (χ3v) is 3.15. The Bertz CT molecular complexity index is 704. The van der Waals surface area contributed by atoms with Crippen LogP contribution in [0.2, 0.25) is 0 Å². The number of hydrogen-bond donors (Lipinski definition) is 2. The molecule has 0 aliphatic carbocycles. The molecule has 0 heterocycles. The van der Waals surface area contributed by atoms with Gasteiger partial charge in [-0.05, 0) is 30.2 Å². The summed E-state index contributed by atoms with van der Waals surface area (Å²) in [7, 11) is 0. The highest BCUT2D eigenvalue weighted by Gasteiger charge is 2.09. The summed E-state index contributed by atoms with van der Waals surface area (Å²) in [6.07, 6.45) is 0.154. The highest BCUT2D eigenvalue weighted by atomic mass is 19.1. The average Bonchev–Trinajstić information content (AvgIpc) is 2.54. The van der Waals surface area contributed by atoms with Crippen LogP contribution in [0.1, 0.15) is 11.1 Å². The molecule has 2 amide bonds. The summed E-state index contributed by atoms with van der Waals surface area (Å²) in [5, 5.41) is 0. The molecule has 0 saturated carbocycles. The molecule has 2 aromatic rings. The zero-order valence-corrected chi connectivity index (χ0v) is 12.6. The maximum absolute atomic E-state index is 13.3. The van der Waals surface area contributed by atoms with Gasteiger partial charge in [0.25, 0.3) is 5.91 Å². The van der Waals surface area contributed by atoms with Crippen LogP contribution in [0, 0.1) is 12.7 Å². The van der Waals surface area contributed by atoms with Crippen molar-refractivity contribution in [2.24, 2.45) is 0 Å². The molecule has 0 fully saturated rings. The number of nitrogens with one attached hydrogen (secondary N) is 2. The fraction of sp³-hybridized carbons (Fsp3) is 0.176. The molecule has 0 radical (unpaired) electrons. The number of halogens is 1. The topological polar surface area (TPSA) is 67.4 Å². The van der Waals surface area contributed by atoms with Gasteiger partial charge in [-0.15, -0.1) is 0 Å². The van der Waals surface area contributed by atoms with Crippen LogP contribution in [-0.2, 0) is 16.0 Å². The molecular formula is C17H17FN2O3. The standard InChI is InChI=1S/C17H17FN2O3/c1-12-6-2-3-7-13(12)10-16(21)19-20-17(22)11-23-15-9-5-4-8-14(15)18/h2-9H,10-11H2,1H3,(H,19,21)(H,20,22). The number of carbonyl (C=O) groups is 2. The number of para-hydroxylation sites is 1. The molecule has 0 aliphatic heterocycles. The molecule has 0 unspecified atom stereocenters. The van der Waals surface area contributed by atoms with Gasteiger partial charge in [0.15, 0.2) is 18.2 Å².